The standard InChI is InChI=1S/C13H19NO2S2/c1-17-11-4-2-3-10(6-11)14-7-12-5-9(8-18-12)13(15)16/h5,8,10-11,14H,2-4,6-7H2,1H3,(H,15,16). The average Bonchev–Trinajstić information content (AvgIpc) is 2.85. The van der Waals surface area contributed by atoms with Crippen LogP contribution in [0.25, 0.3) is 0 Å². The van der Waals surface area contributed by atoms with Crippen LogP contribution in [0.2, 0.25) is 0 Å². The summed E-state index contributed by atoms with van der Waals surface area (Å²) in [6, 6.07) is 2.36. The Morgan fingerprint density at radius 1 is 1.61 bits per heavy atom. The maximum Gasteiger partial charge on any atom is 0.336 e. The van der Waals surface area contributed by atoms with E-state index >= 15 is 0 Å². The van der Waals surface area contributed by atoms with Crippen LogP contribution >= 0.6 is 23.1 Å². The molecule has 2 atom stereocenters. The topological polar surface area (TPSA) is 49.3 Å². The molecule has 0 amide bonds. The minimum atomic E-state index is -0.836. The van der Waals surface area contributed by atoms with Crippen LogP contribution in [0.15, 0.2) is 11.4 Å². The number of aromatic carboxylic acids is 1. The Morgan fingerprint density at radius 3 is 3.11 bits per heavy atom. The fraction of sp³-hybridized carbons (Fsp3) is 0.615. The van der Waals surface area contributed by atoms with Gasteiger partial charge in [0.1, 0.15) is 0 Å². The lowest BCUT2D eigenvalue weighted by atomic mass is 9.95. The second kappa shape index (κ2) is 6.59. The van der Waals surface area contributed by atoms with E-state index in [0.717, 1.165) is 16.7 Å². The molecule has 0 saturated heterocycles. The molecule has 0 aliphatic heterocycles. The number of rotatable bonds is 5. The lowest BCUT2D eigenvalue weighted by Crippen LogP contribution is -2.34. The van der Waals surface area contributed by atoms with E-state index in [9.17, 15) is 4.79 Å². The van der Waals surface area contributed by atoms with Crippen molar-refractivity contribution in [2.75, 3.05) is 6.26 Å². The highest BCUT2D eigenvalue weighted by molar-refractivity contribution is 7.99. The van der Waals surface area contributed by atoms with E-state index in [0.29, 0.717) is 11.6 Å². The van der Waals surface area contributed by atoms with Crippen LogP contribution in [0.4, 0.5) is 0 Å². The maximum atomic E-state index is 10.8. The van der Waals surface area contributed by atoms with Gasteiger partial charge in [0.05, 0.1) is 5.56 Å². The van der Waals surface area contributed by atoms with Crippen LogP contribution in [-0.2, 0) is 6.54 Å². The van der Waals surface area contributed by atoms with Crippen molar-refractivity contribution in [3.63, 3.8) is 0 Å². The Bertz CT molecular complexity index is 405. The van der Waals surface area contributed by atoms with Gasteiger partial charge in [-0.15, -0.1) is 11.3 Å². The second-order valence-corrected chi connectivity index (χ2v) is 6.84. The molecule has 1 aromatic heterocycles. The molecule has 1 fully saturated rings. The van der Waals surface area contributed by atoms with Crippen molar-refractivity contribution in [3.05, 3.63) is 21.9 Å². The molecule has 0 radical (unpaired) electrons. The van der Waals surface area contributed by atoms with E-state index in [4.69, 9.17) is 5.11 Å². The highest BCUT2D eigenvalue weighted by atomic mass is 32.2. The van der Waals surface area contributed by atoms with E-state index in [-0.39, 0.29) is 0 Å². The summed E-state index contributed by atoms with van der Waals surface area (Å²) in [6.07, 6.45) is 7.30. The minimum Gasteiger partial charge on any atom is -0.478 e. The number of hydrogen-bond donors (Lipinski definition) is 2. The van der Waals surface area contributed by atoms with Crippen molar-refractivity contribution >= 4 is 29.1 Å². The summed E-state index contributed by atoms with van der Waals surface area (Å²) in [7, 11) is 0. The molecule has 0 bridgehead atoms. The lowest BCUT2D eigenvalue weighted by Gasteiger charge is -2.28. The molecule has 2 unspecified atom stereocenters. The van der Waals surface area contributed by atoms with Gasteiger partial charge in [0.25, 0.3) is 0 Å². The minimum absolute atomic E-state index is 0.405. The first kappa shape index (κ1) is 13.9. The summed E-state index contributed by atoms with van der Waals surface area (Å²) >= 11 is 3.49. The van der Waals surface area contributed by atoms with Gasteiger partial charge in [-0.25, -0.2) is 4.79 Å². The van der Waals surface area contributed by atoms with Gasteiger partial charge in [-0.1, -0.05) is 6.42 Å². The van der Waals surface area contributed by atoms with Gasteiger partial charge in [-0.3, -0.25) is 0 Å². The number of thiophene rings is 1. The van der Waals surface area contributed by atoms with Crippen LogP contribution in [0, 0.1) is 0 Å². The molecule has 1 aromatic rings. The van der Waals surface area contributed by atoms with Gasteiger partial charge < -0.3 is 10.4 Å². The largest absolute Gasteiger partial charge is 0.478 e. The van der Waals surface area contributed by atoms with Gasteiger partial charge in [-0.2, -0.15) is 11.8 Å². The quantitative estimate of drug-likeness (QED) is 0.872. The van der Waals surface area contributed by atoms with Crippen LogP contribution in [0.1, 0.15) is 40.9 Å². The molecular formula is C13H19NO2S2. The Balaban J connectivity index is 1.81. The Kier molecular flexibility index (Phi) is 5.09. The molecule has 1 heterocycles. The molecular weight excluding hydrogens is 266 g/mol. The van der Waals surface area contributed by atoms with Crippen LogP contribution in [0.3, 0.4) is 0 Å². The van der Waals surface area contributed by atoms with E-state index in [2.05, 4.69) is 11.6 Å². The number of carboxylic acid groups (broad SMARTS) is 1. The summed E-state index contributed by atoms with van der Waals surface area (Å²) in [5.41, 5.74) is 0.405. The molecule has 18 heavy (non-hydrogen) atoms. The summed E-state index contributed by atoms with van der Waals surface area (Å²) in [6.45, 7) is 0.795. The van der Waals surface area contributed by atoms with Crippen molar-refractivity contribution in [2.24, 2.45) is 0 Å². The van der Waals surface area contributed by atoms with Crippen molar-refractivity contribution in [1.29, 1.82) is 0 Å². The first-order chi connectivity index (χ1) is 8.69. The predicted octanol–water partition coefficient (Wildman–Crippen LogP) is 3.21. The number of thioether (sulfide) groups is 1. The summed E-state index contributed by atoms with van der Waals surface area (Å²) in [5.74, 6) is -0.836. The van der Waals surface area contributed by atoms with E-state index in [1.54, 1.807) is 11.4 Å². The van der Waals surface area contributed by atoms with Crippen molar-refractivity contribution in [3.8, 4) is 0 Å². The number of carboxylic acids is 1. The van der Waals surface area contributed by atoms with E-state index in [1.165, 1.54) is 37.0 Å². The normalized spacial score (nSPS) is 24.1. The molecule has 100 valence electrons. The highest BCUT2D eigenvalue weighted by Gasteiger charge is 2.20. The maximum absolute atomic E-state index is 10.8. The molecule has 0 aromatic carbocycles. The molecule has 1 saturated carbocycles. The monoisotopic (exact) mass is 285 g/mol. The SMILES string of the molecule is CSC1CCCC(NCc2cc(C(=O)O)cs2)C1. The van der Waals surface area contributed by atoms with E-state index in [1.807, 2.05) is 11.8 Å². The summed E-state index contributed by atoms with van der Waals surface area (Å²) in [5, 5.41) is 14.9. The van der Waals surface area contributed by atoms with Gasteiger partial charge in [0, 0.05) is 28.1 Å². The fourth-order valence-electron chi connectivity index (χ4n) is 2.37. The summed E-state index contributed by atoms with van der Waals surface area (Å²) < 4.78 is 0. The molecule has 2 N–H and O–H groups in total. The van der Waals surface area contributed by atoms with Crippen molar-refractivity contribution in [2.45, 2.75) is 43.5 Å². The molecule has 1 aliphatic carbocycles. The summed E-state index contributed by atoms with van der Waals surface area (Å²) in [4.78, 5) is 11.9. The molecule has 2 rings (SSSR count). The second-order valence-electron chi connectivity index (χ2n) is 4.71. The van der Waals surface area contributed by atoms with Gasteiger partial charge >= 0.3 is 5.97 Å². The molecule has 3 nitrogen and oxygen atoms in total. The number of hydrogen-bond acceptors (Lipinski definition) is 4. The molecule has 0 spiro atoms. The third-order valence-electron chi connectivity index (χ3n) is 3.43. The van der Waals surface area contributed by atoms with Crippen LogP contribution in [-0.4, -0.2) is 28.6 Å². The van der Waals surface area contributed by atoms with Crippen LogP contribution < -0.4 is 5.32 Å². The molecule has 1 aliphatic rings. The van der Waals surface area contributed by atoms with Crippen molar-refractivity contribution in [1.82, 2.24) is 5.32 Å². The average molecular weight is 285 g/mol. The fourth-order valence-corrected chi connectivity index (χ4v) is 4.01. The smallest absolute Gasteiger partial charge is 0.336 e. The van der Waals surface area contributed by atoms with Crippen LogP contribution in [0.5, 0.6) is 0 Å². The highest BCUT2D eigenvalue weighted by Crippen LogP contribution is 2.27. The van der Waals surface area contributed by atoms with E-state index < -0.39 is 5.97 Å². The first-order valence-corrected chi connectivity index (χ1v) is 8.42. The van der Waals surface area contributed by atoms with Gasteiger partial charge in [0.2, 0.25) is 0 Å². The van der Waals surface area contributed by atoms with Gasteiger partial charge in [0.15, 0.2) is 0 Å². The van der Waals surface area contributed by atoms with Gasteiger partial charge in [-0.05, 0) is 31.6 Å². The number of carbonyl (C=O) groups is 1. The Morgan fingerprint density at radius 2 is 2.44 bits per heavy atom. The predicted molar refractivity (Wildman–Crippen MR) is 77.7 cm³/mol. The zero-order valence-electron chi connectivity index (χ0n) is 10.5. The zero-order valence-corrected chi connectivity index (χ0v) is 12.1. The third kappa shape index (κ3) is 3.73. The zero-order chi connectivity index (χ0) is 13.0. The first-order valence-electron chi connectivity index (χ1n) is 6.26. The molecule has 5 heteroatoms. The third-order valence-corrected chi connectivity index (χ3v) is 5.46. The Hall–Kier alpha value is -0.520. The Labute approximate surface area is 116 Å². The lowest BCUT2D eigenvalue weighted by molar-refractivity contribution is 0.0697. The van der Waals surface area contributed by atoms with Crippen molar-refractivity contribution < 1.29 is 9.90 Å². The number of nitrogens with one attached hydrogen (secondary N) is 1.